The van der Waals surface area contributed by atoms with Crippen LogP contribution >= 0.6 is 0 Å². The molecule has 0 atom stereocenters. The molecule has 0 spiro atoms. The zero-order valence-electron chi connectivity index (χ0n) is 11.1. The summed E-state index contributed by atoms with van der Waals surface area (Å²) in [6.45, 7) is 0. The van der Waals surface area contributed by atoms with E-state index in [0.29, 0.717) is 5.69 Å². The van der Waals surface area contributed by atoms with Crippen molar-refractivity contribution in [3.63, 3.8) is 0 Å². The molecule has 20 heavy (non-hydrogen) atoms. The van der Waals surface area contributed by atoms with Crippen molar-refractivity contribution in [3.8, 4) is 16.9 Å². The van der Waals surface area contributed by atoms with Crippen LogP contribution in [0.15, 0.2) is 54.6 Å². The van der Waals surface area contributed by atoms with Gasteiger partial charge in [0.05, 0.1) is 7.11 Å². The minimum absolute atomic E-state index is 0.255. The maximum absolute atomic E-state index is 13.4. The van der Waals surface area contributed by atoms with Crippen molar-refractivity contribution in [3.05, 3.63) is 60.4 Å². The quantitative estimate of drug-likeness (QED) is 0.705. The summed E-state index contributed by atoms with van der Waals surface area (Å²) in [6.07, 6.45) is 0. The van der Waals surface area contributed by atoms with Gasteiger partial charge in [-0.1, -0.05) is 30.3 Å². The first-order valence-corrected chi connectivity index (χ1v) is 6.32. The number of nitrogens with two attached hydrogens (primary N) is 1. The van der Waals surface area contributed by atoms with Crippen molar-refractivity contribution in [1.82, 2.24) is 0 Å². The van der Waals surface area contributed by atoms with Gasteiger partial charge in [0.2, 0.25) is 0 Å². The second-order valence-corrected chi connectivity index (χ2v) is 4.60. The number of nitrogen functional groups attached to an aromatic ring is 1. The Morgan fingerprint density at radius 2 is 1.80 bits per heavy atom. The van der Waals surface area contributed by atoms with Crippen LogP contribution in [0.4, 0.5) is 10.1 Å². The molecule has 0 bridgehead atoms. The summed E-state index contributed by atoms with van der Waals surface area (Å²) in [5.74, 6) is 0.469. The van der Waals surface area contributed by atoms with Gasteiger partial charge in [-0.25, -0.2) is 4.39 Å². The van der Waals surface area contributed by atoms with Gasteiger partial charge in [0, 0.05) is 16.8 Å². The third-order valence-electron chi connectivity index (χ3n) is 3.39. The fourth-order valence-corrected chi connectivity index (χ4v) is 2.45. The molecule has 3 heteroatoms. The van der Waals surface area contributed by atoms with Gasteiger partial charge in [0.25, 0.3) is 0 Å². The van der Waals surface area contributed by atoms with E-state index in [1.807, 2.05) is 36.4 Å². The van der Waals surface area contributed by atoms with E-state index in [1.54, 1.807) is 13.2 Å². The lowest BCUT2D eigenvalue weighted by Crippen LogP contribution is -1.94. The molecule has 2 nitrogen and oxygen atoms in total. The van der Waals surface area contributed by atoms with Crippen LogP contribution in [-0.2, 0) is 0 Å². The molecule has 0 aromatic heterocycles. The average molecular weight is 267 g/mol. The van der Waals surface area contributed by atoms with Crippen LogP contribution in [0, 0.1) is 5.82 Å². The first-order chi connectivity index (χ1) is 9.70. The number of halogens is 1. The molecule has 0 fully saturated rings. The van der Waals surface area contributed by atoms with Crippen LogP contribution in [0.2, 0.25) is 0 Å². The number of methoxy groups -OCH3 is 1. The van der Waals surface area contributed by atoms with E-state index in [2.05, 4.69) is 0 Å². The molecule has 2 N–H and O–H groups in total. The van der Waals surface area contributed by atoms with Gasteiger partial charge in [0.15, 0.2) is 0 Å². The second-order valence-electron chi connectivity index (χ2n) is 4.60. The van der Waals surface area contributed by atoms with Crippen molar-refractivity contribution in [1.29, 1.82) is 0 Å². The summed E-state index contributed by atoms with van der Waals surface area (Å²) >= 11 is 0. The van der Waals surface area contributed by atoms with Gasteiger partial charge in [-0.15, -0.1) is 0 Å². The Balaban J connectivity index is 2.40. The van der Waals surface area contributed by atoms with Crippen LogP contribution in [0.3, 0.4) is 0 Å². The maximum Gasteiger partial charge on any atom is 0.127 e. The first kappa shape index (κ1) is 12.5. The summed E-state index contributed by atoms with van der Waals surface area (Å²) < 4.78 is 18.8. The lowest BCUT2D eigenvalue weighted by Gasteiger charge is -2.14. The van der Waals surface area contributed by atoms with Gasteiger partial charge in [-0.05, 0) is 35.0 Å². The van der Waals surface area contributed by atoms with Crippen molar-refractivity contribution in [2.24, 2.45) is 0 Å². The number of rotatable bonds is 2. The minimum Gasteiger partial charge on any atom is -0.496 e. The molecule has 3 rings (SSSR count). The maximum atomic E-state index is 13.4. The Morgan fingerprint density at radius 3 is 2.55 bits per heavy atom. The highest BCUT2D eigenvalue weighted by molar-refractivity contribution is 6.02. The highest BCUT2D eigenvalue weighted by Gasteiger charge is 2.13. The SMILES string of the molecule is COc1ccc2cc(F)ccc2c1-c1ccccc1N. The molecule has 3 aromatic carbocycles. The zero-order valence-corrected chi connectivity index (χ0v) is 11.1. The van der Waals surface area contributed by atoms with Gasteiger partial charge >= 0.3 is 0 Å². The molecule has 0 radical (unpaired) electrons. The highest BCUT2D eigenvalue weighted by atomic mass is 19.1. The monoisotopic (exact) mass is 267 g/mol. The molecule has 0 aliphatic carbocycles. The van der Waals surface area contributed by atoms with Gasteiger partial charge in [0.1, 0.15) is 11.6 Å². The van der Waals surface area contributed by atoms with Gasteiger partial charge in [-0.2, -0.15) is 0 Å². The molecule has 0 aliphatic rings. The third kappa shape index (κ3) is 1.97. The van der Waals surface area contributed by atoms with Gasteiger partial charge in [-0.3, -0.25) is 0 Å². The van der Waals surface area contributed by atoms with E-state index in [0.717, 1.165) is 27.6 Å². The molecule has 0 saturated heterocycles. The number of fused-ring (bicyclic) bond motifs is 1. The molecule has 3 aromatic rings. The predicted molar refractivity (Wildman–Crippen MR) is 80.3 cm³/mol. The molecular weight excluding hydrogens is 253 g/mol. The minimum atomic E-state index is -0.255. The van der Waals surface area contributed by atoms with Crippen LogP contribution in [0.5, 0.6) is 5.75 Å². The van der Waals surface area contributed by atoms with E-state index < -0.39 is 0 Å². The van der Waals surface area contributed by atoms with E-state index >= 15 is 0 Å². The number of hydrogen-bond donors (Lipinski definition) is 1. The molecule has 0 aliphatic heterocycles. The normalized spacial score (nSPS) is 10.7. The zero-order chi connectivity index (χ0) is 14.1. The summed E-state index contributed by atoms with van der Waals surface area (Å²) in [6, 6.07) is 16.0. The average Bonchev–Trinajstić information content (AvgIpc) is 2.46. The number of ether oxygens (including phenoxy) is 1. The van der Waals surface area contributed by atoms with Crippen LogP contribution in [0.25, 0.3) is 21.9 Å². The topological polar surface area (TPSA) is 35.2 Å². The Labute approximate surface area is 116 Å². The highest BCUT2D eigenvalue weighted by Crippen LogP contribution is 2.39. The predicted octanol–water partition coefficient (Wildman–Crippen LogP) is 4.24. The number of anilines is 1. The fourth-order valence-electron chi connectivity index (χ4n) is 2.45. The Bertz CT molecular complexity index is 783. The van der Waals surface area contributed by atoms with Crippen molar-refractivity contribution >= 4 is 16.5 Å². The van der Waals surface area contributed by atoms with E-state index in [-0.39, 0.29) is 5.82 Å². The molecule has 0 saturated carbocycles. The molecule has 0 heterocycles. The number of benzene rings is 3. The lowest BCUT2D eigenvalue weighted by atomic mass is 9.96. The lowest BCUT2D eigenvalue weighted by molar-refractivity contribution is 0.417. The third-order valence-corrected chi connectivity index (χ3v) is 3.39. The summed E-state index contributed by atoms with van der Waals surface area (Å²) in [4.78, 5) is 0. The number of para-hydroxylation sites is 1. The first-order valence-electron chi connectivity index (χ1n) is 6.32. The van der Waals surface area contributed by atoms with Crippen molar-refractivity contribution < 1.29 is 9.13 Å². The Kier molecular flexibility index (Phi) is 3.03. The number of hydrogen-bond acceptors (Lipinski definition) is 2. The molecular formula is C17H14FNO. The van der Waals surface area contributed by atoms with Crippen molar-refractivity contribution in [2.75, 3.05) is 12.8 Å². The van der Waals surface area contributed by atoms with E-state index in [1.165, 1.54) is 12.1 Å². The van der Waals surface area contributed by atoms with E-state index in [9.17, 15) is 4.39 Å². The largest absolute Gasteiger partial charge is 0.496 e. The van der Waals surface area contributed by atoms with Crippen molar-refractivity contribution in [2.45, 2.75) is 0 Å². The van der Waals surface area contributed by atoms with Gasteiger partial charge < -0.3 is 10.5 Å². The summed E-state index contributed by atoms with van der Waals surface area (Å²) in [7, 11) is 1.62. The summed E-state index contributed by atoms with van der Waals surface area (Å²) in [5, 5.41) is 1.74. The van der Waals surface area contributed by atoms with Crippen LogP contribution in [-0.4, -0.2) is 7.11 Å². The smallest absolute Gasteiger partial charge is 0.127 e. The fraction of sp³-hybridized carbons (Fsp3) is 0.0588. The Hall–Kier alpha value is -2.55. The molecule has 0 unspecified atom stereocenters. The van der Waals surface area contributed by atoms with Crippen LogP contribution < -0.4 is 10.5 Å². The molecule has 0 amide bonds. The molecule has 100 valence electrons. The van der Waals surface area contributed by atoms with Crippen LogP contribution in [0.1, 0.15) is 0 Å². The standard InChI is InChI=1S/C17H14FNO/c1-20-16-9-6-11-10-12(18)7-8-13(11)17(16)14-4-2-3-5-15(14)19/h2-10H,19H2,1H3. The Morgan fingerprint density at radius 1 is 1.00 bits per heavy atom. The summed E-state index contributed by atoms with van der Waals surface area (Å²) in [5.41, 5.74) is 8.52. The second kappa shape index (κ2) is 4.85. The van der Waals surface area contributed by atoms with E-state index in [4.69, 9.17) is 10.5 Å².